The van der Waals surface area contributed by atoms with E-state index in [-0.39, 0.29) is 11.8 Å². The van der Waals surface area contributed by atoms with E-state index in [0.29, 0.717) is 11.8 Å². The van der Waals surface area contributed by atoms with Gasteiger partial charge >= 0.3 is 0 Å². The molecule has 2 rings (SSSR count). The normalized spacial score (nSPS) is 37.8. The minimum Gasteiger partial charge on any atom is -0.362 e. The van der Waals surface area contributed by atoms with Gasteiger partial charge in [-0.15, -0.1) is 0 Å². The predicted octanol–water partition coefficient (Wildman–Crippen LogP) is 0.645. The number of amidine groups is 1. The number of thioether (sulfide) groups is 1. The molecule has 2 atom stereocenters. The highest BCUT2D eigenvalue weighted by Crippen LogP contribution is 2.19. The molecule has 4 nitrogen and oxygen atoms in total. The molecule has 6 heteroatoms. The predicted molar refractivity (Wildman–Crippen MR) is 64.2 cm³/mol. The molecule has 2 fully saturated rings. The van der Waals surface area contributed by atoms with E-state index in [1.807, 2.05) is 0 Å². The van der Waals surface area contributed by atoms with E-state index in [9.17, 15) is 8.42 Å². The van der Waals surface area contributed by atoms with Crippen LogP contribution in [-0.2, 0) is 9.84 Å². The van der Waals surface area contributed by atoms with Crippen LogP contribution in [0.4, 0.5) is 0 Å². The third kappa shape index (κ3) is 3.11. The highest BCUT2D eigenvalue weighted by atomic mass is 32.2. The topological polar surface area (TPSA) is 58.5 Å². The molecule has 0 amide bonds. The zero-order chi connectivity index (χ0) is 10.9. The zero-order valence-electron chi connectivity index (χ0n) is 8.77. The van der Waals surface area contributed by atoms with Crippen LogP contribution in [0.2, 0.25) is 0 Å². The van der Waals surface area contributed by atoms with E-state index >= 15 is 0 Å². The van der Waals surface area contributed by atoms with Crippen LogP contribution in [-0.4, -0.2) is 42.9 Å². The lowest BCUT2D eigenvalue weighted by Gasteiger charge is -2.18. The van der Waals surface area contributed by atoms with E-state index in [0.717, 1.165) is 23.8 Å². The number of sulfone groups is 1. The first-order valence-corrected chi connectivity index (χ1v) is 8.03. The van der Waals surface area contributed by atoms with Crippen molar-refractivity contribution in [2.45, 2.75) is 31.8 Å². The maximum Gasteiger partial charge on any atom is 0.157 e. The molecule has 0 aromatic heterocycles. The summed E-state index contributed by atoms with van der Waals surface area (Å²) in [5, 5.41) is 4.17. The van der Waals surface area contributed by atoms with Crippen molar-refractivity contribution < 1.29 is 8.42 Å². The summed E-state index contributed by atoms with van der Waals surface area (Å²) in [4.78, 5) is 4.47. The first-order chi connectivity index (χ1) is 7.05. The lowest BCUT2D eigenvalue weighted by atomic mass is 10.2. The fourth-order valence-corrected chi connectivity index (χ4v) is 4.44. The molecule has 15 heavy (non-hydrogen) atoms. The van der Waals surface area contributed by atoms with Crippen molar-refractivity contribution in [2.24, 2.45) is 4.99 Å². The Bertz CT molecular complexity index is 364. The van der Waals surface area contributed by atoms with Gasteiger partial charge in [0.25, 0.3) is 0 Å². The van der Waals surface area contributed by atoms with Gasteiger partial charge in [0, 0.05) is 11.8 Å². The van der Waals surface area contributed by atoms with Gasteiger partial charge in [0.2, 0.25) is 0 Å². The smallest absolute Gasteiger partial charge is 0.157 e. The summed E-state index contributed by atoms with van der Waals surface area (Å²) in [5.74, 6) is 1.59. The molecule has 0 aliphatic carbocycles. The Balaban J connectivity index is 2.00. The molecule has 0 aromatic carbocycles. The maximum atomic E-state index is 11.4. The standard InChI is InChI=1S/C9H16N2O2S2/c1-7-5-14-9(10-7)11-8-3-2-4-15(12,13)6-8/h7-8H,2-6H2,1H3,(H,10,11). The molecule has 0 bridgehead atoms. The Labute approximate surface area is 94.8 Å². The lowest BCUT2D eigenvalue weighted by molar-refractivity contribution is 0.552. The monoisotopic (exact) mass is 248 g/mol. The van der Waals surface area contributed by atoms with Crippen molar-refractivity contribution in [1.29, 1.82) is 0 Å². The van der Waals surface area contributed by atoms with Gasteiger partial charge in [-0.25, -0.2) is 8.42 Å². The molecular weight excluding hydrogens is 232 g/mol. The molecular formula is C9H16N2O2S2. The molecule has 2 aliphatic rings. The van der Waals surface area contributed by atoms with E-state index in [4.69, 9.17) is 0 Å². The van der Waals surface area contributed by atoms with Crippen LogP contribution in [0, 0.1) is 0 Å². The summed E-state index contributed by atoms with van der Waals surface area (Å²) < 4.78 is 22.8. The van der Waals surface area contributed by atoms with E-state index in [1.54, 1.807) is 11.8 Å². The third-order valence-electron chi connectivity index (χ3n) is 2.58. The first kappa shape index (κ1) is 11.3. The average molecular weight is 248 g/mol. The highest BCUT2D eigenvalue weighted by Gasteiger charge is 2.26. The van der Waals surface area contributed by atoms with Crippen LogP contribution in [0.5, 0.6) is 0 Å². The molecule has 86 valence electrons. The Kier molecular flexibility index (Phi) is 3.25. The van der Waals surface area contributed by atoms with Gasteiger partial charge in [-0.3, -0.25) is 4.99 Å². The quantitative estimate of drug-likeness (QED) is 0.740. The maximum absolute atomic E-state index is 11.4. The van der Waals surface area contributed by atoms with Gasteiger partial charge in [-0.05, 0) is 19.8 Å². The number of nitrogens with one attached hydrogen (secondary N) is 1. The lowest BCUT2D eigenvalue weighted by Crippen LogP contribution is -2.30. The second-order valence-corrected chi connectivity index (χ2v) is 7.44. The van der Waals surface area contributed by atoms with E-state index < -0.39 is 9.84 Å². The minimum atomic E-state index is -2.83. The Hall–Kier alpha value is -0.230. The van der Waals surface area contributed by atoms with Crippen LogP contribution in [0.1, 0.15) is 19.8 Å². The van der Waals surface area contributed by atoms with Crippen molar-refractivity contribution >= 4 is 26.8 Å². The summed E-state index contributed by atoms with van der Waals surface area (Å²) >= 11 is 1.69. The summed E-state index contributed by atoms with van der Waals surface area (Å²) in [6, 6.07) is 0.429. The van der Waals surface area contributed by atoms with Crippen molar-refractivity contribution in [3.05, 3.63) is 0 Å². The Morgan fingerprint density at radius 2 is 2.33 bits per heavy atom. The van der Waals surface area contributed by atoms with E-state index in [2.05, 4.69) is 17.2 Å². The second kappa shape index (κ2) is 4.33. The van der Waals surface area contributed by atoms with Crippen LogP contribution in [0.15, 0.2) is 4.99 Å². The summed E-state index contributed by atoms with van der Waals surface area (Å²) in [6.07, 6.45) is 1.66. The van der Waals surface area contributed by atoms with Crippen LogP contribution in [0.25, 0.3) is 0 Å². The van der Waals surface area contributed by atoms with Crippen LogP contribution in [0.3, 0.4) is 0 Å². The van der Waals surface area contributed by atoms with Gasteiger partial charge in [-0.2, -0.15) is 0 Å². The summed E-state index contributed by atoms with van der Waals surface area (Å²) in [5.41, 5.74) is 0. The van der Waals surface area contributed by atoms with Gasteiger partial charge in [0.15, 0.2) is 15.0 Å². The molecule has 1 N–H and O–H groups in total. The SMILES string of the molecule is CC1CSC(=NC2CCCS(=O)(=O)C2)N1. The zero-order valence-corrected chi connectivity index (χ0v) is 10.4. The summed E-state index contributed by atoms with van der Waals surface area (Å²) in [7, 11) is -2.83. The molecule has 2 unspecified atom stereocenters. The number of hydrogen-bond donors (Lipinski definition) is 1. The third-order valence-corrected chi connectivity index (χ3v) is 5.55. The van der Waals surface area contributed by atoms with Crippen molar-refractivity contribution in [1.82, 2.24) is 5.32 Å². The fourth-order valence-electron chi connectivity index (χ4n) is 1.84. The van der Waals surface area contributed by atoms with Crippen LogP contribution < -0.4 is 5.32 Å². The van der Waals surface area contributed by atoms with E-state index in [1.165, 1.54) is 0 Å². The average Bonchev–Trinajstić information content (AvgIpc) is 2.49. The molecule has 2 saturated heterocycles. The molecule has 0 radical (unpaired) electrons. The van der Waals surface area contributed by atoms with Crippen molar-refractivity contribution in [3.8, 4) is 0 Å². The van der Waals surface area contributed by atoms with Gasteiger partial charge in [0.05, 0.1) is 17.5 Å². The molecule has 0 aromatic rings. The van der Waals surface area contributed by atoms with Crippen molar-refractivity contribution in [3.63, 3.8) is 0 Å². The molecule has 2 aliphatic heterocycles. The highest BCUT2D eigenvalue weighted by molar-refractivity contribution is 8.14. The second-order valence-electron chi connectivity index (χ2n) is 4.20. The minimum absolute atomic E-state index is 0.0240. The number of hydrogen-bond acceptors (Lipinski definition) is 4. The van der Waals surface area contributed by atoms with Gasteiger partial charge < -0.3 is 5.32 Å². The number of aliphatic imine (C=N–C) groups is 1. The van der Waals surface area contributed by atoms with Gasteiger partial charge in [-0.1, -0.05) is 11.8 Å². The van der Waals surface area contributed by atoms with Gasteiger partial charge in [0.1, 0.15) is 0 Å². The molecule has 0 saturated carbocycles. The largest absolute Gasteiger partial charge is 0.362 e. The summed E-state index contributed by atoms with van der Waals surface area (Å²) in [6.45, 7) is 2.10. The number of rotatable bonds is 1. The molecule has 2 heterocycles. The van der Waals surface area contributed by atoms with Crippen molar-refractivity contribution in [2.75, 3.05) is 17.3 Å². The number of nitrogens with zero attached hydrogens (tertiary/aromatic N) is 1. The van der Waals surface area contributed by atoms with Crippen LogP contribution >= 0.6 is 11.8 Å². The Morgan fingerprint density at radius 3 is 2.93 bits per heavy atom. The first-order valence-electron chi connectivity index (χ1n) is 5.23. The molecule has 0 spiro atoms. The fraction of sp³-hybridized carbons (Fsp3) is 0.889. The Morgan fingerprint density at radius 1 is 1.53 bits per heavy atom.